The highest BCUT2D eigenvalue weighted by Gasteiger charge is 2.28. The van der Waals surface area contributed by atoms with E-state index in [1.807, 2.05) is 6.92 Å². The van der Waals surface area contributed by atoms with Crippen LogP contribution in [0.2, 0.25) is 0 Å². The first-order valence-corrected chi connectivity index (χ1v) is 8.95. The third kappa shape index (κ3) is 5.37. The Morgan fingerprint density at radius 2 is 1.70 bits per heavy atom. The lowest BCUT2D eigenvalue weighted by atomic mass is 10.1. The van der Waals surface area contributed by atoms with Gasteiger partial charge in [0.05, 0.1) is 31.8 Å². The van der Waals surface area contributed by atoms with Gasteiger partial charge in [0.1, 0.15) is 11.3 Å². The van der Waals surface area contributed by atoms with E-state index in [1.54, 1.807) is 24.3 Å². The first-order chi connectivity index (χ1) is 14.3. The van der Waals surface area contributed by atoms with E-state index in [0.29, 0.717) is 18.0 Å². The normalized spacial score (nSPS) is 11.2. The van der Waals surface area contributed by atoms with Crippen LogP contribution in [0.3, 0.4) is 0 Å². The second-order valence-electron chi connectivity index (χ2n) is 5.98. The molecule has 0 aromatic heterocycles. The topological polar surface area (TPSA) is 126 Å². The number of benzene rings is 2. The standard InChI is InChI=1S/C20H22N2O8/c1-5-29-14-8-6-13(7-9-14)21-19(23)12(2)30-20(24)15-10-17(27-3)18(28-4)11-16(15)22(25)26/h6-12H,5H2,1-4H3,(H,21,23)/t12-/m1/s1. The second kappa shape index (κ2) is 10.1. The van der Waals surface area contributed by atoms with Gasteiger partial charge in [-0.15, -0.1) is 0 Å². The Hall–Kier alpha value is -3.82. The van der Waals surface area contributed by atoms with Crippen molar-refractivity contribution in [1.29, 1.82) is 0 Å². The zero-order chi connectivity index (χ0) is 22.3. The lowest BCUT2D eigenvalue weighted by molar-refractivity contribution is -0.385. The average Bonchev–Trinajstić information content (AvgIpc) is 2.73. The lowest BCUT2D eigenvalue weighted by Crippen LogP contribution is -2.30. The molecule has 0 bridgehead atoms. The van der Waals surface area contributed by atoms with E-state index in [2.05, 4.69) is 5.32 Å². The molecular weight excluding hydrogens is 396 g/mol. The number of amides is 1. The van der Waals surface area contributed by atoms with Crippen molar-refractivity contribution in [3.63, 3.8) is 0 Å². The predicted molar refractivity (Wildman–Crippen MR) is 107 cm³/mol. The van der Waals surface area contributed by atoms with Gasteiger partial charge in [0, 0.05) is 11.8 Å². The maximum Gasteiger partial charge on any atom is 0.346 e. The highest BCUT2D eigenvalue weighted by Crippen LogP contribution is 2.35. The molecule has 0 aliphatic rings. The van der Waals surface area contributed by atoms with E-state index >= 15 is 0 Å². The summed E-state index contributed by atoms with van der Waals surface area (Å²) in [7, 11) is 2.64. The van der Waals surface area contributed by atoms with E-state index < -0.39 is 28.6 Å². The smallest absolute Gasteiger partial charge is 0.346 e. The molecule has 1 atom stereocenters. The third-order valence-electron chi connectivity index (χ3n) is 4.00. The van der Waals surface area contributed by atoms with Crippen LogP contribution in [-0.2, 0) is 9.53 Å². The first-order valence-electron chi connectivity index (χ1n) is 8.95. The summed E-state index contributed by atoms with van der Waals surface area (Å²) in [4.78, 5) is 35.4. The maximum absolute atomic E-state index is 12.5. The number of ether oxygens (including phenoxy) is 4. The average molecular weight is 418 g/mol. The quantitative estimate of drug-likeness (QED) is 0.374. The molecule has 2 aromatic rings. The van der Waals surface area contributed by atoms with Gasteiger partial charge in [0.25, 0.3) is 11.6 Å². The molecule has 2 rings (SSSR count). The highest BCUT2D eigenvalue weighted by molar-refractivity contribution is 5.99. The van der Waals surface area contributed by atoms with Crippen molar-refractivity contribution in [3.05, 3.63) is 52.1 Å². The van der Waals surface area contributed by atoms with Gasteiger partial charge >= 0.3 is 5.97 Å². The molecule has 0 unspecified atom stereocenters. The number of hydrogen-bond donors (Lipinski definition) is 1. The van der Waals surface area contributed by atoms with Gasteiger partial charge in [-0.3, -0.25) is 14.9 Å². The molecule has 0 aliphatic carbocycles. The fourth-order valence-electron chi connectivity index (χ4n) is 2.51. The Balaban J connectivity index is 2.14. The molecule has 0 spiro atoms. The first kappa shape index (κ1) is 22.5. The van der Waals surface area contributed by atoms with Gasteiger partial charge in [-0.05, 0) is 38.1 Å². The van der Waals surface area contributed by atoms with E-state index in [9.17, 15) is 19.7 Å². The van der Waals surface area contributed by atoms with Gasteiger partial charge in [0.15, 0.2) is 17.6 Å². The number of anilines is 1. The number of carbonyl (C=O) groups excluding carboxylic acids is 2. The number of nitro benzene ring substituents is 1. The highest BCUT2D eigenvalue weighted by atomic mass is 16.6. The number of hydrogen-bond acceptors (Lipinski definition) is 8. The minimum Gasteiger partial charge on any atom is -0.494 e. The van der Waals surface area contributed by atoms with Crippen LogP contribution in [-0.4, -0.2) is 43.7 Å². The molecule has 30 heavy (non-hydrogen) atoms. The summed E-state index contributed by atoms with van der Waals surface area (Å²) in [6.07, 6.45) is -1.21. The molecule has 0 radical (unpaired) electrons. The van der Waals surface area contributed by atoms with Crippen LogP contribution >= 0.6 is 0 Å². The molecule has 0 saturated heterocycles. The molecule has 0 saturated carbocycles. The van der Waals surface area contributed by atoms with Crippen molar-refractivity contribution in [2.75, 3.05) is 26.1 Å². The van der Waals surface area contributed by atoms with Gasteiger partial charge in [-0.2, -0.15) is 0 Å². The molecule has 1 amide bonds. The van der Waals surface area contributed by atoms with Crippen molar-refractivity contribution >= 4 is 23.3 Å². The summed E-state index contributed by atoms with van der Waals surface area (Å²) in [5, 5.41) is 13.9. The SMILES string of the molecule is CCOc1ccc(NC(=O)[C@@H](C)OC(=O)c2cc(OC)c(OC)cc2[N+](=O)[O-])cc1. The van der Waals surface area contributed by atoms with Gasteiger partial charge in [0.2, 0.25) is 0 Å². The van der Waals surface area contributed by atoms with Crippen molar-refractivity contribution in [2.24, 2.45) is 0 Å². The summed E-state index contributed by atoms with van der Waals surface area (Å²) >= 11 is 0. The zero-order valence-corrected chi connectivity index (χ0v) is 17.0. The summed E-state index contributed by atoms with van der Waals surface area (Å²) in [5.74, 6) is -0.799. The fraction of sp³-hybridized carbons (Fsp3) is 0.300. The van der Waals surface area contributed by atoms with Crippen LogP contribution in [0.4, 0.5) is 11.4 Å². The van der Waals surface area contributed by atoms with Crippen LogP contribution in [0.15, 0.2) is 36.4 Å². The molecule has 2 aromatic carbocycles. The fourth-order valence-corrected chi connectivity index (χ4v) is 2.51. The van der Waals surface area contributed by atoms with Crippen LogP contribution < -0.4 is 19.5 Å². The Kier molecular flexibility index (Phi) is 7.56. The van der Waals surface area contributed by atoms with Gasteiger partial charge in [-0.25, -0.2) is 4.79 Å². The minimum absolute atomic E-state index is 0.0852. The van der Waals surface area contributed by atoms with Crippen molar-refractivity contribution in [2.45, 2.75) is 20.0 Å². The molecule has 1 N–H and O–H groups in total. The minimum atomic E-state index is -1.21. The molecular formula is C20H22N2O8. The lowest BCUT2D eigenvalue weighted by Gasteiger charge is -2.15. The van der Waals surface area contributed by atoms with Crippen LogP contribution in [0, 0.1) is 10.1 Å². The predicted octanol–water partition coefficient (Wildman–Crippen LogP) is 3.19. The van der Waals surface area contributed by atoms with Crippen LogP contribution in [0.1, 0.15) is 24.2 Å². The number of rotatable bonds is 9. The van der Waals surface area contributed by atoms with Crippen LogP contribution in [0.25, 0.3) is 0 Å². The number of methoxy groups -OCH3 is 2. The third-order valence-corrected chi connectivity index (χ3v) is 4.00. The van der Waals surface area contributed by atoms with E-state index in [4.69, 9.17) is 18.9 Å². The number of nitro groups is 1. The monoisotopic (exact) mass is 418 g/mol. The molecule has 10 nitrogen and oxygen atoms in total. The van der Waals surface area contributed by atoms with Gasteiger partial charge < -0.3 is 24.3 Å². The largest absolute Gasteiger partial charge is 0.494 e. The number of nitrogens with one attached hydrogen (secondary N) is 1. The zero-order valence-electron chi connectivity index (χ0n) is 17.0. The molecule has 160 valence electrons. The number of carbonyl (C=O) groups is 2. The Morgan fingerprint density at radius 1 is 1.10 bits per heavy atom. The van der Waals surface area contributed by atoms with Gasteiger partial charge in [-0.1, -0.05) is 0 Å². The summed E-state index contributed by atoms with van der Waals surface area (Å²) in [5.41, 5.74) is -0.418. The Bertz CT molecular complexity index is 927. The number of nitrogens with zero attached hydrogens (tertiary/aromatic N) is 1. The summed E-state index contributed by atoms with van der Waals surface area (Å²) in [6, 6.07) is 8.83. The summed E-state index contributed by atoms with van der Waals surface area (Å²) < 4.78 is 20.5. The number of esters is 1. The van der Waals surface area contributed by atoms with Crippen LogP contribution in [0.5, 0.6) is 17.2 Å². The van der Waals surface area contributed by atoms with Crippen molar-refractivity contribution < 1.29 is 33.5 Å². The Labute approximate surface area is 172 Å². The Morgan fingerprint density at radius 3 is 2.23 bits per heavy atom. The molecule has 10 heteroatoms. The van der Waals surface area contributed by atoms with E-state index in [0.717, 1.165) is 12.1 Å². The van der Waals surface area contributed by atoms with E-state index in [-0.39, 0.29) is 17.1 Å². The van der Waals surface area contributed by atoms with Crippen molar-refractivity contribution in [3.8, 4) is 17.2 Å². The second-order valence-corrected chi connectivity index (χ2v) is 5.98. The maximum atomic E-state index is 12.5. The van der Waals surface area contributed by atoms with E-state index in [1.165, 1.54) is 21.1 Å². The molecule has 0 fully saturated rings. The molecule has 0 heterocycles. The summed E-state index contributed by atoms with van der Waals surface area (Å²) in [6.45, 7) is 3.73. The van der Waals surface area contributed by atoms with Crippen molar-refractivity contribution in [1.82, 2.24) is 0 Å². The molecule has 0 aliphatic heterocycles.